The molecule has 0 saturated carbocycles. The van der Waals surface area contributed by atoms with Gasteiger partial charge in [-0.05, 0) is 24.6 Å². The van der Waals surface area contributed by atoms with Crippen LogP contribution in [0.2, 0.25) is 0 Å². The third-order valence-corrected chi connectivity index (χ3v) is 2.87. The van der Waals surface area contributed by atoms with Gasteiger partial charge in [0.05, 0.1) is 18.4 Å². The molecule has 0 saturated heterocycles. The Morgan fingerprint density at radius 2 is 1.94 bits per heavy atom. The lowest BCUT2D eigenvalue weighted by atomic mass is 10.0. The van der Waals surface area contributed by atoms with Gasteiger partial charge >= 0.3 is 0 Å². The highest BCUT2D eigenvalue weighted by Crippen LogP contribution is 2.32. The van der Waals surface area contributed by atoms with Crippen molar-refractivity contribution in [2.45, 2.75) is 13.0 Å². The maximum absolute atomic E-state index is 12.9. The van der Waals surface area contributed by atoms with Crippen LogP contribution in [0.3, 0.4) is 0 Å². The summed E-state index contributed by atoms with van der Waals surface area (Å²) in [7, 11) is 3.27. The zero-order valence-corrected chi connectivity index (χ0v) is 10.5. The van der Waals surface area contributed by atoms with Crippen LogP contribution in [0.5, 0.6) is 5.88 Å². The molecule has 2 rings (SSSR count). The van der Waals surface area contributed by atoms with Gasteiger partial charge < -0.3 is 9.84 Å². The zero-order valence-electron chi connectivity index (χ0n) is 10.5. The second kappa shape index (κ2) is 4.78. The van der Waals surface area contributed by atoms with Crippen molar-refractivity contribution >= 4 is 0 Å². The third kappa shape index (κ3) is 2.09. The Labute approximate surface area is 105 Å². The maximum Gasteiger partial charge on any atom is 0.217 e. The fourth-order valence-electron chi connectivity index (χ4n) is 2.02. The highest BCUT2D eigenvalue weighted by Gasteiger charge is 2.22. The molecule has 4 nitrogen and oxygen atoms in total. The molecule has 1 aromatic carbocycles. The lowest BCUT2D eigenvalue weighted by Crippen LogP contribution is -2.03. The summed E-state index contributed by atoms with van der Waals surface area (Å²) >= 11 is 0. The molecule has 0 aliphatic carbocycles. The number of hydrogen-bond acceptors (Lipinski definition) is 3. The van der Waals surface area contributed by atoms with E-state index in [1.165, 1.54) is 19.2 Å². The molecule has 1 heterocycles. The lowest BCUT2D eigenvalue weighted by Gasteiger charge is -2.12. The van der Waals surface area contributed by atoms with Crippen molar-refractivity contribution in [1.82, 2.24) is 9.78 Å². The Balaban J connectivity index is 2.45. The number of rotatable bonds is 3. The first-order chi connectivity index (χ1) is 8.54. The van der Waals surface area contributed by atoms with Crippen molar-refractivity contribution in [1.29, 1.82) is 0 Å². The van der Waals surface area contributed by atoms with E-state index < -0.39 is 6.10 Å². The van der Waals surface area contributed by atoms with Crippen molar-refractivity contribution in [3.8, 4) is 5.88 Å². The fourth-order valence-corrected chi connectivity index (χ4v) is 2.02. The summed E-state index contributed by atoms with van der Waals surface area (Å²) in [4.78, 5) is 0. The minimum Gasteiger partial charge on any atom is -0.481 e. The summed E-state index contributed by atoms with van der Waals surface area (Å²) in [5.41, 5.74) is 1.89. The number of aliphatic hydroxyl groups is 1. The van der Waals surface area contributed by atoms with Gasteiger partial charge in [0.1, 0.15) is 11.9 Å². The maximum atomic E-state index is 12.9. The van der Waals surface area contributed by atoms with Crippen LogP contribution in [-0.4, -0.2) is 22.0 Å². The molecule has 1 unspecified atom stereocenters. The largest absolute Gasteiger partial charge is 0.481 e. The van der Waals surface area contributed by atoms with Crippen LogP contribution in [0.4, 0.5) is 4.39 Å². The number of aliphatic hydroxyl groups excluding tert-OH is 1. The number of ether oxygens (including phenoxy) is 1. The summed E-state index contributed by atoms with van der Waals surface area (Å²) in [6.45, 7) is 1.80. The van der Waals surface area contributed by atoms with Gasteiger partial charge in [0.25, 0.3) is 0 Å². The van der Waals surface area contributed by atoms with Gasteiger partial charge in [-0.3, -0.25) is 0 Å². The summed E-state index contributed by atoms with van der Waals surface area (Å²) in [6, 6.07) is 5.73. The first-order valence-corrected chi connectivity index (χ1v) is 5.55. The minimum atomic E-state index is -0.880. The molecular weight excluding hydrogens is 235 g/mol. The fraction of sp³-hybridized carbons (Fsp3) is 0.308. The van der Waals surface area contributed by atoms with Crippen LogP contribution in [0, 0.1) is 12.7 Å². The second-order valence-electron chi connectivity index (χ2n) is 4.09. The van der Waals surface area contributed by atoms with Crippen LogP contribution in [0.1, 0.15) is 22.9 Å². The quantitative estimate of drug-likeness (QED) is 0.905. The van der Waals surface area contributed by atoms with Crippen molar-refractivity contribution in [2.75, 3.05) is 7.11 Å². The molecule has 2 aromatic rings. The lowest BCUT2D eigenvalue weighted by molar-refractivity contribution is 0.212. The van der Waals surface area contributed by atoms with Gasteiger partial charge in [-0.25, -0.2) is 9.07 Å². The summed E-state index contributed by atoms with van der Waals surface area (Å²) < 4.78 is 19.7. The van der Waals surface area contributed by atoms with Crippen LogP contribution in [-0.2, 0) is 7.05 Å². The highest BCUT2D eigenvalue weighted by molar-refractivity contribution is 5.39. The van der Waals surface area contributed by atoms with Crippen molar-refractivity contribution in [2.24, 2.45) is 7.05 Å². The Morgan fingerprint density at radius 1 is 1.33 bits per heavy atom. The van der Waals surface area contributed by atoms with E-state index in [1.807, 2.05) is 0 Å². The Kier molecular flexibility index (Phi) is 3.34. The van der Waals surface area contributed by atoms with E-state index >= 15 is 0 Å². The number of hydrogen-bond donors (Lipinski definition) is 1. The van der Waals surface area contributed by atoms with Gasteiger partial charge in [-0.2, -0.15) is 5.10 Å². The van der Waals surface area contributed by atoms with Crippen molar-refractivity contribution in [3.05, 3.63) is 46.9 Å². The van der Waals surface area contributed by atoms with Gasteiger partial charge in [-0.15, -0.1) is 0 Å². The Morgan fingerprint density at radius 3 is 2.50 bits per heavy atom. The first kappa shape index (κ1) is 12.6. The van der Waals surface area contributed by atoms with Gasteiger partial charge in [0.15, 0.2) is 0 Å². The summed E-state index contributed by atoms with van der Waals surface area (Å²) in [5.74, 6) is 0.171. The smallest absolute Gasteiger partial charge is 0.217 e. The number of methoxy groups -OCH3 is 1. The van der Waals surface area contributed by atoms with Crippen LogP contribution in [0.15, 0.2) is 24.3 Å². The molecule has 96 valence electrons. The normalized spacial score (nSPS) is 12.5. The van der Waals surface area contributed by atoms with Gasteiger partial charge in [0.2, 0.25) is 5.88 Å². The molecule has 0 aliphatic rings. The molecular formula is C13H15FN2O2. The van der Waals surface area contributed by atoms with E-state index in [0.29, 0.717) is 22.7 Å². The van der Waals surface area contributed by atoms with E-state index in [2.05, 4.69) is 5.10 Å². The number of aryl methyl sites for hydroxylation is 2. The van der Waals surface area contributed by atoms with Crippen molar-refractivity contribution in [3.63, 3.8) is 0 Å². The first-order valence-electron chi connectivity index (χ1n) is 5.55. The third-order valence-electron chi connectivity index (χ3n) is 2.87. The van der Waals surface area contributed by atoms with Crippen LogP contribution >= 0.6 is 0 Å². The molecule has 18 heavy (non-hydrogen) atoms. The van der Waals surface area contributed by atoms with Crippen molar-refractivity contribution < 1.29 is 14.2 Å². The molecule has 0 bridgehead atoms. The molecule has 0 spiro atoms. The molecule has 1 aromatic heterocycles. The average Bonchev–Trinajstić information content (AvgIpc) is 2.63. The van der Waals surface area contributed by atoms with Crippen LogP contribution in [0.25, 0.3) is 0 Å². The Bertz CT molecular complexity index is 549. The summed E-state index contributed by atoms with van der Waals surface area (Å²) in [6.07, 6.45) is -0.880. The van der Waals surface area contributed by atoms with Gasteiger partial charge in [0, 0.05) is 7.05 Å². The average molecular weight is 250 g/mol. The molecule has 5 heteroatoms. The highest BCUT2D eigenvalue weighted by atomic mass is 19.1. The summed E-state index contributed by atoms with van der Waals surface area (Å²) in [5, 5.41) is 14.5. The second-order valence-corrected chi connectivity index (χ2v) is 4.09. The van der Waals surface area contributed by atoms with E-state index in [4.69, 9.17) is 4.74 Å². The van der Waals surface area contributed by atoms with E-state index in [0.717, 1.165) is 0 Å². The Hall–Kier alpha value is -1.88. The minimum absolute atomic E-state index is 0.333. The van der Waals surface area contributed by atoms with Gasteiger partial charge in [-0.1, -0.05) is 12.1 Å². The number of nitrogens with zero attached hydrogens (tertiary/aromatic N) is 2. The predicted molar refractivity (Wildman–Crippen MR) is 65.0 cm³/mol. The molecule has 0 aliphatic heterocycles. The molecule has 0 fully saturated rings. The zero-order chi connectivity index (χ0) is 13.3. The SMILES string of the molecule is COc1c(C(O)c2ccc(F)cc2)c(C)nn1C. The van der Waals surface area contributed by atoms with E-state index in [1.54, 1.807) is 30.8 Å². The van der Waals surface area contributed by atoms with E-state index in [9.17, 15) is 9.50 Å². The number of benzene rings is 1. The molecule has 0 amide bonds. The topological polar surface area (TPSA) is 47.3 Å². The molecule has 0 radical (unpaired) electrons. The molecule has 1 N–H and O–H groups in total. The van der Waals surface area contributed by atoms with Crippen LogP contribution < -0.4 is 4.74 Å². The number of aromatic nitrogens is 2. The standard InChI is InChI=1S/C13H15FN2O2/c1-8-11(13(18-3)16(2)15-8)12(17)9-4-6-10(14)7-5-9/h4-7,12,17H,1-3H3. The predicted octanol–water partition coefficient (Wildman–Crippen LogP) is 1.96. The molecule has 1 atom stereocenters. The number of halogens is 1. The van der Waals surface area contributed by atoms with E-state index in [-0.39, 0.29) is 5.82 Å². The monoisotopic (exact) mass is 250 g/mol.